The highest BCUT2D eigenvalue weighted by atomic mass is 32.1. The zero-order valence-corrected chi connectivity index (χ0v) is 14.8. The van der Waals surface area contributed by atoms with Gasteiger partial charge >= 0.3 is 0 Å². The molecule has 4 rings (SSSR count). The lowest BCUT2D eigenvalue weighted by molar-refractivity contribution is 1.02. The topological polar surface area (TPSA) is 72.5 Å². The van der Waals surface area contributed by atoms with Crippen LogP contribution in [0, 0.1) is 18.6 Å². The molecule has 120 valence electrons. The normalized spacial score (nSPS) is 11.2. The van der Waals surface area contributed by atoms with Crippen molar-refractivity contribution in [3.63, 3.8) is 0 Å². The number of anilines is 1. The summed E-state index contributed by atoms with van der Waals surface area (Å²) in [7, 11) is 0. The first kappa shape index (κ1) is 15.0. The molecule has 0 saturated heterocycles. The van der Waals surface area contributed by atoms with Crippen molar-refractivity contribution in [3.05, 3.63) is 52.4 Å². The van der Waals surface area contributed by atoms with E-state index in [1.165, 1.54) is 11.3 Å². The highest BCUT2D eigenvalue weighted by molar-refractivity contribution is 7.71. The van der Waals surface area contributed by atoms with Crippen LogP contribution in [0.2, 0.25) is 0 Å². The van der Waals surface area contributed by atoms with Crippen LogP contribution < -0.4 is 5.73 Å². The first-order chi connectivity index (χ1) is 11.6. The Labute approximate surface area is 147 Å². The molecule has 0 amide bonds. The predicted molar refractivity (Wildman–Crippen MR) is 101 cm³/mol. The Kier molecular flexibility index (Phi) is 3.47. The zero-order valence-electron chi connectivity index (χ0n) is 13.2. The van der Waals surface area contributed by atoms with Crippen LogP contribution in [0.4, 0.5) is 5.69 Å². The van der Waals surface area contributed by atoms with Crippen molar-refractivity contribution in [2.75, 3.05) is 5.73 Å². The Morgan fingerprint density at radius 3 is 2.88 bits per heavy atom. The van der Waals surface area contributed by atoms with Crippen molar-refractivity contribution < 1.29 is 0 Å². The first-order valence-electron chi connectivity index (χ1n) is 7.44. The quantitative estimate of drug-likeness (QED) is 0.524. The molecule has 3 heterocycles. The number of fused-ring (bicyclic) bond motifs is 1. The van der Waals surface area contributed by atoms with Gasteiger partial charge in [-0.25, -0.2) is 4.98 Å². The van der Waals surface area contributed by atoms with Gasteiger partial charge in [0.2, 0.25) is 0 Å². The van der Waals surface area contributed by atoms with E-state index in [4.69, 9.17) is 18.0 Å². The van der Waals surface area contributed by atoms with E-state index in [-0.39, 0.29) is 0 Å². The van der Waals surface area contributed by atoms with Crippen molar-refractivity contribution in [3.8, 4) is 16.4 Å². The maximum atomic E-state index is 6.36. The number of nitrogens with one attached hydrogen (secondary N) is 1. The Balaban J connectivity index is 2.02. The number of rotatable bonds is 2. The molecule has 3 N–H and O–H groups in total. The molecule has 0 spiro atoms. The number of aryl methyl sites for hydroxylation is 2. The summed E-state index contributed by atoms with van der Waals surface area (Å²) in [4.78, 5) is 6.16. The summed E-state index contributed by atoms with van der Waals surface area (Å²) in [5.74, 6) is 0.717. The Hall–Kier alpha value is -2.51. The smallest absolute Gasteiger partial charge is 0.200 e. The average molecular weight is 353 g/mol. The number of hydrogen-bond donors (Lipinski definition) is 2. The third kappa shape index (κ3) is 2.24. The van der Waals surface area contributed by atoms with E-state index in [0.29, 0.717) is 16.3 Å². The van der Waals surface area contributed by atoms with Gasteiger partial charge in [-0.15, -0.1) is 11.3 Å². The molecule has 7 heteroatoms. The average Bonchev–Trinajstić information content (AvgIpc) is 3.11. The number of nitrogens with two attached hydrogens (primary N) is 1. The minimum Gasteiger partial charge on any atom is -0.397 e. The highest BCUT2D eigenvalue weighted by Gasteiger charge is 2.19. The molecule has 0 aliphatic carbocycles. The van der Waals surface area contributed by atoms with Gasteiger partial charge in [0, 0.05) is 11.6 Å². The van der Waals surface area contributed by atoms with Crippen LogP contribution in [-0.2, 0) is 0 Å². The van der Waals surface area contributed by atoms with E-state index in [1.807, 2.05) is 16.7 Å². The molecule has 0 aliphatic rings. The Bertz CT molecular complexity index is 1120. The van der Waals surface area contributed by atoms with E-state index in [0.717, 1.165) is 31.9 Å². The summed E-state index contributed by atoms with van der Waals surface area (Å²) in [6.07, 6.45) is 1.77. The molecule has 0 saturated carbocycles. The molecule has 5 nitrogen and oxygen atoms in total. The van der Waals surface area contributed by atoms with E-state index in [1.54, 1.807) is 6.20 Å². The zero-order chi connectivity index (χ0) is 16.8. The number of hydrogen-bond acceptors (Lipinski definition) is 5. The molecule has 0 aliphatic heterocycles. The summed E-state index contributed by atoms with van der Waals surface area (Å²) in [6.45, 7) is 4.12. The number of H-pyrrole nitrogens is 1. The van der Waals surface area contributed by atoms with E-state index >= 15 is 0 Å². The van der Waals surface area contributed by atoms with Crippen LogP contribution in [0.1, 0.15) is 11.1 Å². The van der Waals surface area contributed by atoms with E-state index < -0.39 is 0 Å². The van der Waals surface area contributed by atoms with Gasteiger partial charge in [0.1, 0.15) is 4.83 Å². The van der Waals surface area contributed by atoms with Gasteiger partial charge in [0.05, 0.1) is 16.3 Å². The van der Waals surface area contributed by atoms with Crippen molar-refractivity contribution in [2.45, 2.75) is 13.8 Å². The number of pyridine rings is 1. The van der Waals surface area contributed by atoms with Gasteiger partial charge < -0.3 is 5.73 Å². The monoisotopic (exact) mass is 353 g/mol. The molecule has 0 atom stereocenters. The Morgan fingerprint density at radius 2 is 2.08 bits per heavy atom. The standard InChI is InChI=1S/C17H15N5S2/c1-9-5-6-10(2)12(8-9)22-15(20-21-17(22)23)14-13(18)11-4-3-7-19-16(11)24-14/h3-8H,18H2,1-2H3,(H,21,23). The summed E-state index contributed by atoms with van der Waals surface area (Å²) < 4.78 is 2.49. The van der Waals surface area contributed by atoms with Gasteiger partial charge in [-0.1, -0.05) is 12.1 Å². The second-order valence-electron chi connectivity index (χ2n) is 5.68. The van der Waals surface area contributed by atoms with Gasteiger partial charge in [-0.3, -0.25) is 9.67 Å². The molecule has 24 heavy (non-hydrogen) atoms. The minimum atomic E-state index is 0.545. The lowest BCUT2D eigenvalue weighted by atomic mass is 10.1. The van der Waals surface area contributed by atoms with Gasteiger partial charge in [0.15, 0.2) is 10.6 Å². The number of thiophene rings is 1. The van der Waals surface area contributed by atoms with Crippen LogP contribution >= 0.6 is 23.6 Å². The molecule has 0 bridgehead atoms. The fraction of sp³-hybridized carbons (Fsp3) is 0.118. The number of benzene rings is 1. The number of nitrogens with zero attached hydrogens (tertiary/aromatic N) is 3. The predicted octanol–water partition coefficient (Wildman–Crippen LogP) is 4.41. The second kappa shape index (κ2) is 5.54. The van der Waals surface area contributed by atoms with Crippen LogP contribution in [0.3, 0.4) is 0 Å². The summed E-state index contributed by atoms with van der Waals surface area (Å²) in [5.41, 5.74) is 10.3. The molecule has 0 radical (unpaired) electrons. The SMILES string of the molecule is Cc1ccc(C)c(-n2c(-c3sc4ncccc4c3N)n[nH]c2=S)c1. The molecule has 0 fully saturated rings. The number of aromatic nitrogens is 4. The maximum Gasteiger partial charge on any atom is 0.200 e. The maximum absolute atomic E-state index is 6.36. The largest absolute Gasteiger partial charge is 0.397 e. The second-order valence-corrected chi connectivity index (χ2v) is 7.06. The van der Waals surface area contributed by atoms with Crippen LogP contribution in [0.25, 0.3) is 26.6 Å². The Morgan fingerprint density at radius 1 is 1.25 bits per heavy atom. The number of nitrogen functional groups attached to an aromatic ring is 1. The van der Waals surface area contributed by atoms with Gasteiger partial charge in [-0.05, 0) is 55.4 Å². The first-order valence-corrected chi connectivity index (χ1v) is 8.67. The van der Waals surface area contributed by atoms with Crippen molar-refractivity contribution in [1.29, 1.82) is 0 Å². The van der Waals surface area contributed by atoms with Gasteiger partial charge in [-0.2, -0.15) is 5.10 Å². The summed E-state index contributed by atoms with van der Waals surface area (Å²) in [5, 5.41) is 8.28. The van der Waals surface area contributed by atoms with Crippen molar-refractivity contribution in [2.24, 2.45) is 0 Å². The fourth-order valence-electron chi connectivity index (χ4n) is 2.75. The number of aromatic amines is 1. The minimum absolute atomic E-state index is 0.545. The van der Waals surface area contributed by atoms with E-state index in [2.05, 4.69) is 47.2 Å². The molecule has 3 aromatic heterocycles. The van der Waals surface area contributed by atoms with Crippen LogP contribution in [-0.4, -0.2) is 19.7 Å². The van der Waals surface area contributed by atoms with Crippen LogP contribution in [0.5, 0.6) is 0 Å². The van der Waals surface area contributed by atoms with Crippen molar-refractivity contribution >= 4 is 39.5 Å². The van der Waals surface area contributed by atoms with E-state index in [9.17, 15) is 0 Å². The van der Waals surface area contributed by atoms with Crippen LogP contribution in [0.15, 0.2) is 36.5 Å². The summed E-state index contributed by atoms with van der Waals surface area (Å²) >= 11 is 7.00. The molecule has 1 aromatic carbocycles. The molecular weight excluding hydrogens is 338 g/mol. The molecular formula is C17H15N5S2. The third-order valence-corrected chi connectivity index (χ3v) is 5.38. The third-order valence-electron chi connectivity index (χ3n) is 3.99. The lowest BCUT2D eigenvalue weighted by Gasteiger charge is -2.10. The highest BCUT2D eigenvalue weighted by Crippen LogP contribution is 2.39. The lowest BCUT2D eigenvalue weighted by Crippen LogP contribution is -2.01. The van der Waals surface area contributed by atoms with Gasteiger partial charge in [0.25, 0.3) is 0 Å². The molecule has 0 unspecified atom stereocenters. The summed E-state index contributed by atoms with van der Waals surface area (Å²) in [6, 6.07) is 10.1. The van der Waals surface area contributed by atoms with Crippen molar-refractivity contribution in [1.82, 2.24) is 19.7 Å². The fourth-order valence-corrected chi connectivity index (χ4v) is 4.02. The molecule has 4 aromatic rings.